The van der Waals surface area contributed by atoms with Crippen LogP contribution in [0.5, 0.6) is 0 Å². The number of rotatable bonds is 4. The van der Waals surface area contributed by atoms with Crippen molar-refractivity contribution in [2.75, 3.05) is 39.3 Å². The normalized spacial score (nSPS) is 30.0. The van der Waals surface area contributed by atoms with Crippen molar-refractivity contribution in [2.45, 2.75) is 38.2 Å². The number of hydrogen-bond acceptors (Lipinski definition) is 3. The molecule has 2 aliphatic heterocycles. The third kappa shape index (κ3) is 2.27. The highest BCUT2D eigenvalue weighted by atomic mass is 16.5. The highest BCUT2D eigenvalue weighted by molar-refractivity contribution is 5.00. The Morgan fingerprint density at radius 1 is 1.19 bits per heavy atom. The second-order valence-corrected chi connectivity index (χ2v) is 5.88. The lowest BCUT2D eigenvalue weighted by Crippen LogP contribution is -2.60. The van der Waals surface area contributed by atoms with E-state index in [1.807, 2.05) is 0 Å². The van der Waals surface area contributed by atoms with Gasteiger partial charge in [-0.25, -0.2) is 0 Å². The molecule has 0 aromatic heterocycles. The van der Waals surface area contributed by atoms with Crippen LogP contribution in [-0.4, -0.2) is 50.3 Å². The molecule has 2 heterocycles. The summed E-state index contributed by atoms with van der Waals surface area (Å²) >= 11 is 0. The smallest absolute Gasteiger partial charge is 0.0600 e. The predicted molar refractivity (Wildman–Crippen MR) is 64.6 cm³/mol. The van der Waals surface area contributed by atoms with Crippen molar-refractivity contribution in [2.24, 2.45) is 5.41 Å². The lowest BCUT2D eigenvalue weighted by Gasteiger charge is -2.56. The van der Waals surface area contributed by atoms with Gasteiger partial charge in [0.1, 0.15) is 0 Å². The minimum atomic E-state index is 0.528. The minimum absolute atomic E-state index is 0.528. The maximum absolute atomic E-state index is 5.93. The number of likely N-dealkylation sites (tertiary alicyclic amines) is 1. The van der Waals surface area contributed by atoms with E-state index in [0.717, 1.165) is 31.7 Å². The highest BCUT2D eigenvalue weighted by Gasteiger charge is 2.46. The summed E-state index contributed by atoms with van der Waals surface area (Å²) in [5.41, 5.74) is 0.773. The van der Waals surface area contributed by atoms with Gasteiger partial charge in [0, 0.05) is 19.6 Å². The van der Waals surface area contributed by atoms with E-state index >= 15 is 0 Å². The van der Waals surface area contributed by atoms with E-state index in [1.54, 1.807) is 0 Å². The zero-order valence-corrected chi connectivity index (χ0v) is 10.2. The summed E-state index contributed by atoms with van der Waals surface area (Å²) < 4.78 is 5.93. The molecule has 3 fully saturated rings. The van der Waals surface area contributed by atoms with Gasteiger partial charge in [-0.1, -0.05) is 6.42 Å². The third-order valence-corrected chi connectivity index (χ3v) is 4.58. The Kier molecular flexibility index (Phi) is 3.18. The molecule has 0 atom stereocenters. The molecule has 0 aromatic carbocycles. The Morgan fingerprint density at radius 3 is 2.56 bits per heavy atom. The maximum atomic E-state index is 5.93. The van der Waals surface area contributed by atoms with Crippen LogP contribution in [0.15, 0.2) is 0 Å². The van der Waals surface area contributed by atoms with Gasteiger partial charge in [-0.3, -0.25) is 4.90 Å². The van der Waals surface area contributed by atoms with Gasteiger partial charge in [0.05, 0.1) is 12.7 Å². The first-order valence-corrected chi connectivity index (χ1v) is 6.91. The summed E-state index contributed by atoms with van der Waals surface area (Å²) in [4.78, 5) is 2.57. The van der Waals surface area contributed by atoms with Crippen LogP contribution in [0, 0.1) is 5.41 Å². The summed E-state index contributed by atoms with van der Waals surface area (Å²) in [5, 5.41) is 3.37. The fourth-order valence-corrected chi connectivity index (χ4v) is 3.36. The van der Waals surface area contributed by atoms with Crippen molar-refractivity contribution in [3.8, 4) is 0 Å². The topological polar surface area (TPSA) is 24.5 Å². The first kappa shape index (κ1) is 11.0. The third-order valence-electron chi connectivity index (χ3n) is 4.58. The number of hydrogen-bond donors (Lipinski definition) is 1. The Hall–Kier alpha value is -0.120. The van der Waals surface area contributed by atoms with Gasteiger partial charge in [-0.15, -0.1) is 0 Å². The summed E-state index contributed by atoms with van der Waals surface area (Å²) in [6.07, 6.45) is 7.37. The van der Waals surface area contributed by atoms with Crippen LogP contribution in [-0.2, 0) is 4.74 Å². The molecule has 16 heavy (non-hydrogen) atoms. The van der Waals surface area contributed by atoms with Gasteiger partial charge >= 0.3 is 0 Å². The molecule has 0 amide bonds. The summed E-state index contributed by atoms with van der Waals surface area (Å²) in [7, 11) is 0. The molecule has 0 unspecified atom stereocenters. The summed E-state index contributed by atoms with van der Waals surface area (Å²) in [5.74, 6) is 0. The molecule has 1 aliphatic carbocycles. The van der Waals surface area contributed by atoms with Crippen molar-refractivity contribution in [3.63, 3.8) is 0 Å². The van der Waals surface area contributed by atoms with E-state index in [0.29, 0.717) is 6.10 Å². The summed E-state index contributed by atoms with van der Waals surface area (Å²) in [6, 6.07) is 0. The van der Waals surface area contributed by atoms with E-state index in [1.165, 1.54) is 45.2 Å². The number of nitrogens with zero attached hydrogens (tertiary/aromatic N) is 1. The average molecular weight is 224 g/mol. The molecule has 1 N–H and O–H groups in total. The van der Waals surface area contributed by atoms with Crippen LogP contribution in [0.25, 0.3) is 0 Å². The van der Waals surface area contributed by atoms with Gasteiger partial charge in [-0.2, -0.15) is 0 Å². The Labute approximate surface area is 98.5 Å². The first-order valence-electron chi connectivity index (χ1n) is 6.91. The fourth-order valence-electron chi connectivity index (χ4n) is 3.36. The van der Waals surface area contributed by atoms with E-state index in [2.05, 4.69) is 10.2 Å². The zero-order valence-electron chi connectivity index (χ0n) is 10.2. The van der Waals surface area contributed by atoms with Gasteiger partial charge in [0.2, 0.25) is 0 Å². The summed E-state index contributed by atoms with van der Waals surface area (Å²) in [6.45, 7) is 7.08. The van der Waals surface area contributed by atoms with E-state index in [-0.39, 0.29) is 0 Å². The molecule has 0 bridgehead atoms. The second kappa shape index (κ2) is 4.63. The van der Waals surface area contributed by atoms with Gasteiger partial charge < -0.3 is 10.1 Å². The van der Waals surface area contributed by atoms with Crippen molar-refractivity contribution in [3.05, 3.63) is 0 Å². The number of ether oxygens (including phenoxy) is 1. The molecule has 3 aliphatic rings. The van der Waals surface area contributed by atoms with Gasteiger partial charge in [-0.05, 0) is 44.2 Å². The Balaban J connectivity index is 1.27. The van der Waals surface area contributed by atoms with Crippen LogP contribution < -0.4 is 5.32 Å². The van der Waals surface area contributed by atoms with Crippen LogP contribution >= 0.6 is 0 Å². The fraction of sp³-hybridized carbons (Fsp3) is 1.00. The maximum Gasteiger partial charge on any atom is 0.0600 e. The van der Waals surface area contributed by atoms with Gasteiger partial charge in [0.15, 0.2) is 0 Å². The molecule has 3 rings (SSSR count). The largest absolute Gasteiger partial charge is 0.377 e. The molecule has 1 spiro atoms. The molecule has 3 heteroatoms. The predicted octanol–water partition coefficient (Wildman–Crippen LogP) is 1.24. The van der Waals surface area contributed by atoms with Crippen LogP contribution in [0.4, 0.5) is 0 Å². The van der Waals surface area contributed by atoms with Crippen molar-refractivity contribution in [1.29, 1.82) is 0 Å². The lowest BCUT2D eigenvalue weighted by atomic mass is 9.63. The Bertz CT molecular complexity index is 226. The van der Waals surface area contributed by atoms with Crippen LogP contribution in [0.1, 0.15) is 32.1 Å². The molecule has 1 saturated carbocycles. The van der Waals surface area contributed by atoms with Crippen LogP contribution in [0.3, 0.4) is 0 Å². The zero-order chi connectivity index (χ0) is 10.8. The number of piperidine rings is 1. The van der Waals surface area contributed by atoms with Crippen molar-refractivity contribution < 1.29 is 4.74 Å². The molecule has 0 radical (unpaired) electrons. The van der Waals surface area contributed by atoms with E-state index in [9.17, 15) is 0 Å². The van der Waals surface area contributed by atoms with E-state index < -0.39 is 0 Å². The van der Waals surface area contributed by atoms with E-state index in [4.69, 9.17) is 4.74 Å². The number of nitrogens with one attached hydrogen (secondary N) is 1. The molecular formula is C13H24N2O. The highest BCUT2D eigenvalue weighted by Crippen LogP contribution is 2.47. The van der Waals surface area contributed by atoms with Gasteiger partial charge in [0.25, 0.3) is 0 Å². The first-order chi connectivity index (χ1) is 7.86. The molecule has 92 valence electrons. The quantitative estimate of drug-likeness (QED) is 0.777. The molecular weight excluding hydrogens is 200 g/mol. The molecule has 2 saturated heterocycles. The monoisotopic (exact) mass is 224 g/mol. The molecule has 3 nitrogen and oxygen atoms in total. The second-order valence-electron chi connectivity index (χ2n) is 5.88. The SMILES string of the molecule is C1CC2(C1)CN(CCOC1CCNCC1)C2. The standard InChI is InChI=1S/C13H24N2O/c1-4-13(5-1)10-15(11-13)8-9-16-12-2-6-14-7-3-12/h12,14H,1-11H2. The minimum Gasteiger partial charge on any atom is -0.377 e. The van der Waals surface area contributed by atoms with Crippen molar-refractivity contribution in [1.82, 2.24) is 10.2 Å². The van der Waals surface area contributed by atoms with Crippen LogP contribution in [0.2, 0.25) is 0 Å². The Morgan fingerprint density at radius 2 is 1.94 bits per heavy atom. The lowest BCUT2D eigenvalue weighted by molar-refractivity contribution is -0.0771. The molecule has 0 aromatic rings. The average Bonchev–Trinajstić information content (AvgIpc) is 2.20. The van der Waals surface area contributed by atoms with Crippen molar-refractivity contribution >= 4 is 0 Å².